The third-order valence-corrected chi connectivity index (χ3v) is 4.33. The lowest BCUT2D eigenvalue weighted by Crippen LogP contribution is -1.87. The first-order valence-electron chi connectivity index (χ1n) is 7.06. The molecule has 0 atom stereocenters. The molecule has 0 heterocycles. The van der Waals surface area contributed by atoms with Crippen molar-refractivity contribution in [3.63, 3.8) is 0 Å². The van der Waals surface area contributed by atoms with Gasteiger partial charge in [0.25, 0.3) is 0 Å². The van der Waals surface area contributed by atoms with E-state index in [0.29, 0.717) is 0 Å². The molecule has 0 aliphatic rings. The smallest absolute Gasteiger partial charge is 0.00696 e. The van der Waals surface area contributed by atoms with E-state index < -0.39 is 0 Å². The fourth-order valence-electron chi connectivity index (χ4n) is 3.44. The van der Waals surface area contributed by atoms with Crippen LogP contribution in [0.15, 0.2) is 60.7 Å². The lowest BCUT2D eigenvalue weighted by atomic mass is 9.92. The van der Waals surface area contributed by atoms with Crippen LogP contribution in [0.3, 0.4) is 0 Å². The Morgan fingerprint density at radius 2 is 1.30 bits per heavy atom. The molecule has 0 unspecified atom stereocenters. The molecule has 0 saturated carbocycles. The second kappa shape index (κ2) is 4.08. The van der Waals surface area contributed by atoms with E-state index in [-0.39, 0.29) is 0 Å². The van der Waals surface area contributed by atoms with Crippen LogP contribution in [-0.2, 0) is 0 Å². The summed E-state index contributed by atoms with van der Waals surface area (Å²) in [4.78, 5) is 0. The zero-order valence-electron chi connectivity index (χ0n) is 11.8. The van der Waals surface area contributed by atoms with Gasteiger partial charge in [0.05, 0.1) is 0 Å². The molecule has 0 nitrogen and oxygen atoms in total. The Morgan fingerprint density at radius 1 is 0.600 bits per heavy atom. The molecule has 0 saturated heterocycles. The number of rotatable bonds is 0. The number of fused-ring (bicyclic) bond motifs is 4. The quantitative estimate of drug-likeness (QED) is 0.277. The molecule has 0 aliphatic carbocycles. The van der Waals surface area contributed by atoms with Crippen molar-refractivity contribution in [2.24, 2.45) is 0 Å². The molecule has 0 radical (unpaired) electrons. The predicted octanol–water partition coefficient (Wildman–Crippen LogP) is 5.76. The van der Waals surface area contributed by atoms with Crippen molar-refractivity contribution >= 4 is 32.3 Å². The Labute approximate surface area is 118 Å². The molecule has 0 amide bonds. The highest BCUT2D eigenvalue weighted by Gasteiger charge is 2.08. The number of hydrogen-bond acceptors (Lipinski definition) is 0. The van der Waals surface area contributed by atoms with Crippen molar-refractivity contribution in [2.75, 3.05) is 0 Å². The van der Waals surface area contributed by atoms with Gasteiger partial charge in [-0.15, -0.1) is 0 Å². The van der Waals surface area contributed by atoms with Crippen LogP contribution >= 0.6 is 0 Å². The average Bonchev–Trinajstić information content (AvgIpc) is 2.47. The summed E-state index contributed by atoms with van der Waals surface area (Å²) in [5.41, 5.74) is 2.75. The van der Waals surface area contributed by atoms with Crippen molar-refractivity contribution < 1.29 is 0 Å². The molecule has 0 aromatic heterocycles. The van der Waals surface area contributed by atoms with Gasteiger partial charge < -0.3 is 0 Å². The largest absolute Gasteiger partial charge is 0.0616 e. The lowest BCUT2D eigenvalue weighted by molar-refractivity contribution is 1.49. The molecule has 0 fully saturated rings. The summed E-state index contributed by atoms with van der Waals surface area (Å²) in [6, 6.07) is 22.0. The molecule has 20 heavy (non-hydrogen) atoms. The van der Waals surface area contributed by atoms with E-state index >= 15 is 0 Å². The standard InChI is InChI=1S/C20H16/c1-13-6-5-8-16-12-17-11-10-15-7-3-4-9-18(15)20(17)14(2)19(13)16/h3-12H,1-2H3. The minimum Gasteiger partial charge on any atom is -0.0616 e. The van der Waals surface area contributed by atoms with Crippen molar-refractivity contribution in [3.05, 3.63) is 71.8 Å². The van der Waals surface area contributed by atoms with E-state index in [1.807, 2.05) is 0 Å². The van der Waals surface area contributed by atoms with Crippen LogP contribution < -0.4 is 0 Å². The summed E-state index contributed by atoms with van der Waals surface area (Å²) in [5.74, 6) is 0. The van der Waals surface area contributed by atoms with Crippen LogP contribution in [-0.4, -0.2) is 0 Å². The monoisotopic (exact) mass is 256 g/mol. The zero-order valence-corrected chi connectivity index (χ0v) is 11.8. The fourth-order valence-corrected chi connectivity index (χ4v) is 3.44. The molecule has 0 heteroatoms. The van der Waals surface area contributed by atoms with Crippen LogP contribution in [0.1, 0.15) is 11.1 Å². The van der Waals surface area contributed by atoms with Crippen molar-refractivity contribution in [1.82, 2.24) is 0 Å². The highest BCUT2D eigenvalue weighted by molar-refractivity contribution is 6.15. The van der Waals surface area contributed by atoms with Crippen molar-refractivity contribution in [1.29, 1.82) is 0 Å². The summed E-state index contributed by atoms with van der Waals surface area (Å²) in [6.45, 7) is 4.45. The Bertz CT molecular complexity index is 962. The van der Waals surface area contributed by atoms with Gasteiger partial charge in [-0.3, -0.25) is 0 Å². The Kier molecular flexibility index (Phi) is 2.34. The summed E-state index contributed by atoms with van der Waals surface area (Å²) in [7, 11) is 0. The first-order chi connectivity index (χ1) is 9.75. The third-order valence-electron chi connectivity index (χ3n) is 4.33. The van der Waals surface area contributed by atoms with E-state index in [0.717, 1.165) is 0 Å². The molecular formula is C20H16. The van der Waals surface area contributed by atoms with E-state index in [2.05, 4.69) is 74.5 Å². The third kappa shape index (κ3) is 1.48. The first kappa shape index (κ1) is 11.5. The number of hydrogen-bond donors (Lipinski definition) is 0. The van der Waals surface area contributed by atoms with E-state index in [1.54, 1.807) is 0 Å². The van der Waals surface area contributed by atoms with Gasteiger partial charge in [0, 0.05) is 0 Å². The number of aryl methyl sites for hydroxylation is 2. The van der Waals surface area contributed by atoms with Gasteiger partial charge in [0.2, 0.25) is 0 Å². The average molecular weight is 256 g/mol. The molecule has 0 bridgehead atoms. The first-order valence-corrected chi connectivity index (χ1v) is 7.06. The maximum atomic E-state index is 2.32. The van der Waals surface area contributed by atoms with Gasteiger partial charge in [-0.25, -0.2) is 0 Å². The van der Waals surface area contributed by atoms with Crippen LogP contribution in [0.25, 0.3) is 32.3 Å². The Morgan fingerprint density at radius 3 is 2.20 bits per heavy atom. The van der Waals surface area contributed by atoms with Gasteiger partial charge in [-0.05, 0) is 63.4 Å². The summed E-state index contributed by atoms with van der Waals surface area (Å²) >= 11 is 0. The molecule has 4 rings (SSSR count). The van der Waals surface area contributed by atoms with Crippen LogP contribution in [0, 0.1) is 13.8 Å². The fraction of sp³-hybridized carbons (Fsp3) is 0.100. The van der Waals surface area contributed by atoms with Gasteiger partial charge in [-0.1, -0.05) is 54.6 Å². The minimum atomic E-state index is 1.32. The SMILES string of the molecule is Cc1cccc2cc3ccc4ccccc4c3c(C)c12. The number of benzene rings is 4. The summed E-state index contributed by atoms with van der Waals surface area (Å²) < 4.78 is 0. The summed E-state index contributed by atoms with van der Waals surface area (Å²) in [5, 5.41) is 8.13. The second-order valence-electron chi connectivity index (χ2n) is 5.56. The zero-order chi connectivity index (χ0) is 13.7. The molecular weight excluding hydrogens is 240 g/mol. The Hall–Kier alpha value is -2.34. The normalized spacial score (nSPS) is 11.5. The van der Waals surface area contributed by atoms with Gasteiger partial charge in [0.1, 0.15) is 0 Å². The molecule has 0 aliphatic heterocycles. The van der Waals surface area contributed by atoms with Gasteiger partial charge >= 0.3 is 0 Å². The van der Waals surface area contributed by atoms with E-state index in [9.17, 15) is 0 Å². The lowest BCUT2D eigenvalue weighted by Gasteiger charge is -2.12. The molecule has 96 valence electrons. The van der Waals surface area contributed by atoms with Crippen LogP contribution in [0.5, 0.6) is 0 Å². The summed E-state index contributed by atoms with van der Waals surface area (Å²) in [6.07, 6.45) is 0. The van der Waals surface area contributed by atoms with Crippen molar-refractivity contribution in [3.8, 4) is 0 Å². The maximum absolute atomic E-state index is 2.32. The van der Waals surface area contributed by atoms with E-state index in [1.165, 1.54) is 43.4 Å². The van der Waals surface area contributed by atoms with Crippen LogP contribution in [0.2, 0.25) is 0 Å². The highest BCUT2D eigenvalue weighted by atomic mass is 14.1. The molecule has 0 N–H and O–H groups in total. The van der Waals surface area contributed by atoms with Crippen LogP contribution in [0.4, 0.5) is 0 Å². The second-order valence-corrected chi connectivity index (χ2v) is 5.56. The van der Waals surface area contributed by atoms with Gasteiger partial charge in [0.15, 0.2) is 0 Å². The Balaban J connectivity index is 2.34. The topological polar surface area (TPSA) is 0 Å². The minimum absolute atomic E-state index is 1.32. The van der Waals surface area contributed by atoms with Crippen molar-refractivity contribution in [2.45, 2.75) is 13.8 Å². The molecule has 0 spiro atoms. The molecule has 4 aromatic rings. The maximum Gasteiger partial charge on any atom is -0.00696 e. The highest BCUT2D eigenvalue weighted by Crippen LogP contribution is 2.34. The molecule has 4 aromatic carbocycles. The van der Waals surface area contributed by atoms with E-state index in [4.69, 9.17) is 0 Å². The van der Waals surface area contributed by atoms with Gasteiger partial charge in [-0.2, -0.15) is 0 Å². The predicted molar refractivity (Wildman–Crippen MR) is 88.4 cm³/mol.